The van der Waals surface area contributed by atoms with Crippen LogP contribution in [0, 0.1) is 0 Å². The summed E-state index contributed by atoms with van der Waals surface area (Å²) in [5.74, 6) is -0.647. The monoisotopic (exact) mass is 243 g/mol. The fourth-order valence-electron chi connectivity index (χ4n) is 1.88. The number of primary amides is 1. The van der Waals surface area contributed by atoms with E-state index in [0.717, 1.165) is 19.4 Å². The molecule has 1 aliphatic heterocycles. The van der Waals surface area contributed by atoms with Gasteiger partial charge in [0.1, 0.15) is 6.61 Å². The number of hydrogen-bond acceptors (Lipinski definition) is 4. The van der Waals surface area contributed by atoms with Gasteiger partial charge in [0, 0.05) is 19.2 Å². The molecule has 0 radical (unpaired) electrons. The molecule has 0 saturated carbocycles. The van der Waals surface area contributed by atoms with Crippen LogP contribution in [0.3, 0.4) is 0 Å². The first-order valence-electron chi connectivity index (χ1n) is 6.01. The lowest BCUT2D eigenvalue weighted by Gasteiger charge is -2.27. The first kappa shape index (κ1) is 13.9. The molecule has 0 aromatic rings. The Hall–Kier alpha value is -1.14. The quantitative estimate of drug-likeness (QED) is 0.567. The van der Waals surface area contributed by atoms with Gasteiger partial charge in [-0.3, -0.25) is 9.59 Å². The summed E-state index contributed by atoms with van der Waals surface area (Å²) < 4.78 is 5.20. The molecule has 0 aromatic carbocycles. The molecule has 1 saturated heterocycles. The Balaban J connectivity index is 2.48. The van der Waals surface area contributed by atoms with Crippen molar-refractivity contribution < 1.29 is 14.3 Å². The molecule has 6 nitrogen and oxygen atoms in total. The Morgan fingerprint density at radius 3 is 2.82 bits per heavy atom. The molecule has 1 fully saturated rings. The van der Waals surface area contributed by atoms with Crippen molar-refractivity contribution in [3.05, 3.63) is 0 Å². The first-order valence-corrected chi connectivity index (χ1v) is 6.01. The van der Waals surface area contributed by atoms with E-state index in [1.54, 1.807) is 0 Å². The Labute approximate surface area is 101 Å². The summed E-state index contributed by atoms with van der Waals surface area (Å²) in [5.41, 5.74) is 5.16. The highest BCUT2D eigenvalue weighted by Crippen LogP contribution is 2.08. The molecule has 1 rings (SSSR count). The number of nitrogens with one attached hydrogen (secondary N) is 1. The number of carbonyl (C=O) groups is 2. The van der Waals surface area contributed by atoms with Crippen molar-refractivity contribution in [2.45, 2.75) is 25.8 Å². The fraction of sp³-hybridized carbons (Fsp3) is 0.818. The third-order valence-corrected chi connectivity index (χ3v) is 2.70. The Bertz CT molecular complexity index is 265. The Morgan fingerprint density at radius 1 is 1.53 bits per heavy atom. The van der Waals surface area contributed by atoms with Crippen LogP contribution in [-0.2, 0) is 14.3 Å². The van der Waals surface area contributed by atoms with Gasteiger partial charge in [-0.1, -0.05) is 6.92 Å². The molecule has 1 atom stereocenters. The highest BCUT2D eigenvalue weighted by molar-refractivity contribution is 5.84. The van der Waals surface area contributed by atoms with Gasteiger partial charge in [-0.25, -0.2) is 0 Å². The number of carbonyl (C=O) groups excluding carboxylic acids is 2. The largest absolute Gasteiger partial charge is 0.372 e. The molecule has 98 valence electrons. The minimum atomic E-state index is -0.485. The van der Waals surface area contributed by atoms with Crippen molar-refractivity contribution in [3.8, 4) is 0 Å². The van der Waals surface area contributed by atoms with Crippen molar-refractivity contribution in [1.29, 1.82) is 0 Å². The number of hydrogen-bond donors (Lipinski definition) is 2. The summed E-state index contributed by atoms with van der Waals surface area (Å²) in [5, 5.41) is 3.16. The smallest absolute Gasteiger partial charge is 0.249 e. The van der Waals surface area contributed by atoms with Gasteiger partial charge in [-0.2, -0.15) is 0 Å². The Kier molecular flexibility index (Phi) is 5.93. The number of ether oxygens (including phenoxy) is 1. The first-order chi connectivity index (χ1) is 8.15. The molecule has 1 aliphatic rings. The van der Waals surface area contributed by atoms with Crippen molar-refractivity contribution >= 4 is 11.8 Å². The summed E-state index contributed by atoms with van der Waals surface area (Å²) >= 11 is 0. The van der Waals surface area contributed by atoms with Crippen LogP contribution in [0.15, 0.2) is 0 Å². The second-order valence-corrected chi connectivity index (χ2v) is 4.19. The Morgan fingerprint density at radius 2 is 2.29 bits per heavy atom. The van der Waals surface area contributed by atoms with E-state index in [4.69, 9.17) is 10.5 Å². The van der Waals surface area contributed by atoms with Gasteiger partial charge in [0.25, 0.3) is 0 Å². The van der Waals surface area contributed by atoms with Crippen molar-refractivity contribution in [3.63, 3.8) is 0 Å². The molecule has 0 aromatic heterocycles. The van der Waals surface area contributed by atoms with Crippen LogP contribution in [-0.4, -0.2) is 55.6 Å². The van der Waals surface area contributed by atoms with E-state index in [1.807, 2.05) is 6.92 Å². The minimum Gasteiger partial charge on any atom is -0.372 e. The SMILES string of the molecule is CCCOCC(=O)N(CC(N)=O)C1CCNC1. The number of rotatable bonds is 7. The number of nitrogens with two attached hydrogens (primary N) is 1. The van der Waals surface area contributed by atoms with Crippen LogP contribution in [0.25, 0.3) is 0 Å². The molecule has 0 aliphatic carbocycles. The van der Waals surface area contributed by atoms with Crippen LogP contribution in [0.2, 0.25) is 0 Å². The third-order valence-electron chi connectivity index (χ3n) is 2.70. The number of nitrogens with zero attached hydrogens (tertiary/aromatic N) is 1. The lowest BCUT2D eigenvalue weighted by molar-refractivity contribution is -0.141. The van der Waals surface area contributed by atoms with E-state index in [1.165, 1.54) is 4.90 Å². The topological polar surface area (TPSA) is 84.7 Å². The minimum absolute atomic E-state index is 0.0254. The van der Waals surface area contributed by atoms with E-state index in [9.17, 15) is 9.59 Å². The average molecular weight is 243 g/mol. The van der Waals surface area contributed by atoms with Gasteiger partial charge >= 0.3 is 0 Å². The molecule has 17 heavy (non-hydrogen) atoms. The summed E-state index contributed by atoms with van der Waals surface area (Å²) in [6, 6.07) is 0.0558. The normalized spacial score (nSPS) is 19.2. The molecule has 6 heteroatoms. The maximum atomic E-state index is 11.9. The highest BCUT2D eigenvalue weighted by Gasteiger charge is 2.27. The van der Waals surface area contributed by atoms with Crippen LogP contribution in [0.1, 0.15) is 19.8 Å². The average Bonchev–Trinajstić information content (AvgIpc) is 2.79. The van der Waals surface area contributed by atoms with E-state index in [2.05, 4.69) is 5.32 Å². The zero-order valence-corrected chi connectivity index (χ0v) is 10.3. The second kappa shape index (κ2) is 7.24. The standard InChI is InChI=1S/C11H21N3O3/c1-2-5-17-8-11(16)14(7-10(12)15)9-3-4-13-6-9/h9,13H,2-8H2,1H3,(H2,12,15). The number of amides is 2. The summed E-state index contributed by atoms with van der Waals surface area (Å²) in [7, 11) is 0. The molecular formula is C11H21N3O3. The van der Waals surface area contributed by atoms with Crippen molar-refractivity contribution in [2.24, 2.45) is 5.73 Å². The summed E-state index contributed by atoms with van der Waals surface area (Å²) in [6.45, 7) is 4.11. The maximum absolute atomic E-state index is 11.9. The molecule has 2 amide bonds. The maximum Gasteiger partial charge on any atom is 0.249 e. The predicted octanol–water partition coefficient (Wildman–Crippen LogP) is -0.911. The zero-order valence-electron chi connectivity index (χ0n) is 10.3. The molecule has 0 bridgehead atoms. The van der Waals surface area contributed by atoms with Crippen molar-refractivity contribution in [1.82, 2.24) is 10.2 Å². The van der Waals surface area contributed by atoms with E-state index < -0.39 is 5.91 Å². The van der Waals surface area contributed by atoms with E-state index >= 15 is 0 Å². The van der Waals surface area contributed by atoms with Crippen molar-refractivity contribution in [2.75, 3.05) is 32.8 Å². The molecule has 1 unspecified atom stereocenters. The van der Waals surface area contributed by atoms with Gasteiger partial charge in [0.05, 0.1) is 6.54 Å². The molecule has 0 spiro atoms. The lowest BCUT2D eigenvalue weighted by Crippen LogP contribution is -2.47. The lowest BCUT2D eigenvalue weighted by atomic mass is 10.2. The third kappa shape index (κ3) is 4.70. The van der Waals surface area contributed by atoms with Crippen LogP contribution in [0.4, 0.5) is 0 Å². The fourth-order valence-corrected chi connectivity index (χ4v) is 1.88. The summed E-state index contributed by atoms with van der Waals surface area (Å²) in [6.07, 6.45) is 1.72. The van der Waals surface area contributed by atoms with E-state index in [-0.39, 0.29) is 25.1 Å². The van der Waals surface area contributed by atoms with Crippen LogP contribution >= 0.6 is 0 Å². The second-order valence-electron chi connectivity index (χ2n) is 4.19. The van der Waals surface area contributed by atoms with Crippen LogP contribution in [0.5, 0.6) is 0 Å². The van der Waals surface area contributed by atoms with Crippen LogP contribution < -0.4 is 11.1 Å². The van der Waals surface area contributed by atoms with Gasteiger partial charge in [-0.15, -0.1) is 0 Å². The predicted molar refractivity (Wildman–Crippen MR) is 63.3 cm³/mol. The van der Waals surface area contributed by atoms with Gasteiger partial charge in [0.2, 0.25) is 11.8 Å². The van der Waals surface area contributed by atoms with Gasteiger partial charge < -0.3 is 20.7 Å². The van der Waals surface area contributed by atoms with E-state index in [0.29, 0.717) is 13.2 Å². The molecule has 3 N–H and O–H groups in total. The zero-order chi connectivity index (χ0) is 12.7. The highest BCUT2D eigenvalue weighted by atomic mass is 16.5. The summed E-state index contributed by atoms with van der Waals surface area (Å²) in [4.78, 5) is 24.4. The molecule has 1 heterocycles. The molecular weight excluding hydrogens is 222 g/mol. The van der Waals surface area contributed by atoms with Gasteiger partial charge in [0.15, 0.2) is 0 Å². The van der Waals surface area contributed by atoms with Gasteiger partial charge in [-0.05, 0) is 19.4 Å².